The van der Waals surface area contributed by atoms with Crippen molar-refractivity contribution in [1.29, 1.82) is 0 Å². The van der Waals surface area contributed by atoms with Crippen LogP contribution in [0.4, 0.5) is 0 Å². The van der Waals surface area contributed by atoms with Crippen molar-refractivity contribution in [3.8, 4) is 16.9 Å². The lowest BCUT2D eigenvalue weighted by atomic mass is 10.1. The fourth-order valence-electron chi connectivity index (χ4n) is 1.58. The molecular formula is C14H13ClO2. The minimum atomic E-state index is -0.0171. The number of hydrogen-bond donors (Lipinski definition) is 1. The summed E-state index contributed by atoms with van der Waals surface area (Å²) in [5, 5.41) is 9.24. The molecule has 0 spiro atoms. The van der Waals surface area contributed by atoms with Gasteiger partial charge in [-0.1, -0.05) is 48.0 Å². The smallest absolute Gasteiger partial charge is 0.138 e. The van der Waals surface area contributed by atoms with Crippen LogP contribution in [0.1, 0.15) is 0 Å². The molecule has 0 aromatic heterocycles. The molecule has 1 N–H and O–H groups in total. The Balaban J connectivity index is 2.25. The van der Waals surface area contributed by atoms with Gasteiger partial charge in [0.2, 0.25) is 0 Å². The molecule has 0 aliphatic heterocycles. The Bertz CT molecular complexity index is 483. The largest absolute Gasteiger partial charge is 0.490 e. The molecule has 0 fully saturated rings. The van der Waals surface area contributed by atoms with Crippen LogP contribution in [-0.4, -0.2) is 18.3 Å². The van der Waals surface area contributed by atoms with E-state index in [0.717, 1.165) is 11.1 Å². The van der Waals surface area contributed by atoms with Crippen molar-refractivity contribution >= 4 is 11.6 Å². The van der Waals surface area contributed by atoms with Crippen LogP contribution >= 0.6 is 11.6 Å². The molecule has 0 atom stereocenters. The van der Waals surface area contributed by atoms with Crippen LogP contribution < -0.4 is 4.74 Å². The van der Waals surface area contributed by atoms with Gasteiger partial charge in [-0.15, -0.1) is 0 Å². The van der Waals surface area contributed by atoms with E-state index in [9.17, 15) is 0 Å². The number of benzene rings is 2. The molecule has 2 rings (SSSR count). The molecule has 2 aromatic rings. The summed E-state index contributed by atoms with van der Waals surface area (Å²) in [5.41, 5.74) is 2.16. The number of aliphatic hydroxyl groups is 1. The molecular weight excluding hydrogens is 236 g/mol. The number of hydrogen-bond acceptors (Lipinski definition) is 2. The average Bonchev–Trinajstić information content (AvgIpc) is 2.38. The summed E-state index contributed by atoms with van der Waals surface area (Å²) >= 11 is 6.11. The minimum Gasteiger partial charge on any atom is -0.490 e. The van der Waals surface area contributed by atoms with E-state index in [4.69, 9.17) is 21.4 Å². The Morgan fingerprint density at radius 2 is 1.76 bits per heavy atom. The van der Waals surface area contributed by atoms with E-state index >= 15 is 0 Å². The fraction of sp³-hybridized carbons (Fsp3) is 0.143. The summed E-state index contributed by atoms with van der Waals surface area (Å²) < 4.78 is 5.29. The zero-order valence-corrected chi connectivity index (χ0v) is 10.0. The van der Waals surface area contributed by atoms with E-state index in [1.807, 2.05) is 48.5 Å². The molecule has 0 radical (unpaired) electrons. The predicted octanol–water partition coefficient (Wildman–Crippen LogP) is 3.38. The van der Waals surface area contributed by atoms with E-state index in [1.165, 1.54) is 0 Å². The van der Waals surface area contributed by atoms with Gasteiger partial charge in [-0.05, 0) is 23.3 Å². The standard InChI is InChI=1S/C14H13ClO2/c15-13-10-12(11-4-2-1-3-5-11)6-7-14(13)17-9-8-16/h1-7,10,16H,8-9H2. The molecule has 2 aromatic carbocycles. The highest BCUT2D eigenvalue weighted by atomic mass is 35.5. The van der Waals surface area contributed by atoms with Gasteiger partial charge in [0, 0.05) is 0 Å². The Labute approximate surface area is 105 Å². The third-order valence-electron chi connectivity index (χ3n) is 2.39. The van der Waals surface area contributed by atoms with Gasteiger partial charge >= 0.3 is 0 Å². The molecule has 0 saturated heterocycles. The number of rotatable bonds is 4. The van der Waals surface area contributed by atoms with Gasteiger partial charge in [0.1, 0.15) is 12.4 Å². The summed E-state index contributed by atoms with van der Waals surface area (Å²) in [5.74, 6) is 0.598. The van der Waals surface area contributed by atoms with Crippen LogP contribution in [-0.2, 0) is 0 Å². The SMILES string of the molecule is OCCOc1ccc(-c2ccccc2)cc1Cl. The summed E-state index contributed by atoms with van der Waals surface area (Å²) in [6, 6.07) is 15.6. The first-order valence-electron chi connectivity index (χ1n) is 5.40. The van der Waals surface area contributed by atoms with E-state index in [2.05, 4.69) is 0 Å². The monoisotopic (exact) mass is 248 g/mol. The van der Waals surface area contributed by atoms with Crippen LogP contribution in [0.3, 0.4) is 0 Å². The maximum absolute atomic E-state index is 8.68. The molecule has 3 heteroatoms. The van der Waals surface area contributed by atoms with Crippen molar-refractivity contribution in [2.24, 2.45) is 0 Å². The maximum atomic E-state index is 8.68. The first-order chi connectivity index (χ1) is 8.31. The highest BCUT2D eigenvalue weighted by molar-refractivity contribution is 6.32. The zero-order valence-electron chi connectivity index (χ0n) is 9.27. The lowest BCUT2D eigenvalue weighted by Crippen LogP contribution is -2.01. The second kappa shape index (κ2) is 5.71. The van der Waals surface area contributed by atoms with Crippen LogP contribution in [0.2, 0.25) is 5.02 Å². The lowest BCUT2D eigenvalue weighted by Gasteiger charge is -2.08. The van der Waals surface area contributed by atoms with Gasteiger partial charge in [0.25, 0.3) is 0 Å². The van der Waals surface area contributed by atoms with Crippen molar-refractivity contribution in [2.45, 2.75) is 0 Å². The van der Waals surface area contributed by atoms with Crippen LogP contribution in [0.25, 0.3) is 11.1 Å². The van der Waals surface area contributed by atoms with Gasteiger partial charge in [-0.2, -0.15) is 0 Å². The van der Waals surface area contributed by atoms with Crippen molar-refractivity contribution < 1.29 is 9.84 Å². The van der Waals surface area contributed by atoms with Crippen LogP contribution in [0, 0.1) is 0 Å². The Morgan fingerprint density at radius 1 is 1.00 bits per heavy atom. The minimum absolute atomic E-state index is 0.0171. The third kappa shape index (κ3) is 2.99. The van der Waals surface area contributed by atoms with Crippen molar-refractivity contribution in [3.05, 3.63) is 53.6 Å². The van der Waals surface area contributed by atoms with Gasteiger partial charge in [-0.25, -0.2) is 0 Å². The van der Waals surface area contributed by atoms with Crippen molar-refractivity contribution in [2.75, 3.05) is 13.2 Å². The van der Waals surface area contributed by atoms with Crippen LogP contribution in [0.5, 0.6) is 5.75 Å². The van der Waals surface area contributed by atoms with E-state index in [0.29, 0.717) is 10.8 Å². The predicted molar refractivity (Wildman–Crippen MR) is 69.5 cm³/mol. The highest BCUT2D eigenvalue weighted by Gasteiger charge is 2.04. The molecule has 0 aliphatic rings. The quantitative estimate of drug-likeness (QED) is 0.899. The van der Waals surface area contributed by atoms with E-state index in [-0.39, 0.29) is 13.2 Å². The van der Waals surface area contributed by atoms with Gasteiger partial charge < -0.3 is 9.84 Å². The van der Waals surface area contributed by atoms with Crippen LogP contribution in [0.15, 0.2) is 48.5 Å². The summed E-state index contributed by atoms with van der Waals surface area (Å²) in [7, 11) is 0. The van der Waals surface area contributed by atoms with Crippen molar-refractivity contribution in [3.63, 3.8) is 0 Å². The average molecular weight is 249 g/mol. The lowest BCUT2D eigenvalue weighted by molar-refractivity contribution is 0.201. The maximum Gasteiger partial charge on any atom is 0.138 e. The molecule has 88 valence electrons. The highest BCUT2D eigenvalue weighted by Crippen LogP contribution is 2.30. The summed E-state index contributed by atoms with van der Waals surface area (Å²) in [6.45, 7) is 0.237. The number of aliphatic hydroxyl groups excluding tert-OH is 1. The van der Waals surface area contributed by atoms with Gasteiger partial charge in [0.15, 0.2) is 0 Å². The Morgan fingerprint density at radius 3 is 2.41 bits per heavy atom. The van der Waals surface area contributed by atoms with Gasteiger partial charge in [0.05, 0.1) is 11.6 Å². The number of ether oxygens (including phenoxy) is 1. The first-order valence-corrected chi connectivity index (χ1v) is 5.77. The summed E-state index contributed by atoms with van der Waals surface area (Å²) in [4.78, 5) is 0. The summed E-state index contributed by atoms with van der Waals surface area (Å²) in [6.07, 6.45) is 0. The normalized spacial score (nSPS) is 10.2. The molecule has 0 heterocycles. The van der Waals surface area contributed by atoms with E-state index < -0.39 is 0 Å². The molecule has 0 bridgehead atoms. The zero-order chi connectivity index (χ0) is 12.1. The molecule has 0 saturated carbocycles. The van der Waals surface area contributed by atoms with Gasteiger partial charge in [-0.3, -0.25) is 0 Å². The Kier molecular flexibility index (Phi) is 4.02. The number of halogens is 1. The topological polar surface area (TPSA) is 29.5 Å². The third-order valence-corrected chi connectivity index (χ3v) is 2.68. The Hall–Kier alpha value is -1.51. The second-order valence-corrected chi connectivity index (χ2v) is 3.99. The molecule has 17 heavy (non-hydrogen) atoms. The molecule has 2 nitrogen and oxygen atoms in total. The first kappa shape index (κ1) is 12.0. The van der Waals surface area contributed by atoms with E-state index in [1.54, 1.807) is 0 Å². The van der Waals surface area contributed by atoms with Crippen molar-refractivity contribution in [1.82, 2.24) is 0 Å². The molecule has 0 amide bonds. The fourth-order valence-corrected chi connectivity index (χ4v) is 1.82. The second-order valence-electron chi connectivity index (χ2n) is 3.58. The molecule has 0 unspecified atom stereocenters. The molecule has 0 aliphatic carbocycles.